The number of halogens is 2. The van der Waals surface area contributed by atoms with Crippen molar-refractivity contribution < 1.29 is 32.6 Å². The standard InChI is InChI=1S/C25H34F2O5/c1-24(26,27)22(28)32-21-18-7-15-8-19(21)11-25(9-15,10-18)23(29)31-12-30-20-16-3-13-2-14(5-16)6-17(20)4-13/h13-21H,2-12H2,1H3. The molecular formula is C25H34F2O5. The summed E-state index contributed by atoms with van der Waals surface area (Å²) < 4.78 is 43.9. The molecule has 0 aromatic heterocycles. The fourth-order valence-corrected chi connectivity index (χ4v) is 9.11. The molecule has 0 aromatic rings. The minimum absolute atomic E-state index is 0.0219. The Bertz CT molecular complexity index is 748. The summed E-state index contributed by atoms with van der Waals surface area (Å²) in [6, 6.07) is 0. The molecule has 0 saturated heterocycles. The maximum Gasteiger partial charge on any atom is 0.376 e. The fourth-order valence-electron chi connectivity index (χ4n) is 9.11. The lowest BCUT2D eigenvalue weighted by molar-refractivity contribution is -0.217. The van der Waals surface area contributed by atoms with Gasteiger partial charge in [-0.2, -0.15) is 8.78 Å². The predicted octanol–water partition coefficient (Wildman–Crippen LogP) is 4.72. The summed E-state index contributed by atoms with van der Waals surface area (Å²) in [5, 5.41) is 0. The first kappa shape index (κ1) is 21.3. The van der Waals surface area contributed by atoms with Crippen LogP contribution in [0.3, 0.4) is 0 Å². The molecule has 32 heavy (non-hydrogen) atoms. The molecule has 0 heterocycles. The van der Waals surface area contributed by atoms with Gasteiger partial charge in [-0.25, -0.2) is 4.79 Å². The predicted molar refractivity (Wildman–Crippen MR) is 109 cm³/mol. The molecule has 8 aliphatic rings. The minimum Gasteiger partial charge on any atom is -0.457 e. The molecule has 8 fully saturated rings. The number of hydrogen-bond donors (Lipinski definition) is 0. The van der Waals surface area contributed by atoms with Gasteiger partial charge in [-0.1, -0.05) is 0 Å². The van der Waals surface area contributed by atoms with Gasteiger partial charge in [-0.05, 0) is 106 Å². The highest BCUT2D eigenvalue weighted by Crippen LogP contribution is 2.61. The van der Waals surface area contributed by atoms with Gasteiger partial charge in [0.05, 0.1) is 11.5 Å². The van der Waals surface area contributed by atoms with Crippen LogP contribution >= 0.6 is 0 Å². The first-order valence-corrected chi connectivity index (χ1v) is 12.6. The summed E-state index contributed by atoms with van der Waals surface area (Å²) in [7, 11) is 0. The quantitative estimate of drug-likeness (QED) is 0.431. The molecule has 0 spiro atoms. The van der Waals surface area contributed by atoms with Gasteiger partial charge in [0.2, 0.25) is 0 Å². The summed E-state index contributed by atoms with van der Waals surface area (Å²) in [5.74, 6) is -1.84. The second kappa shape index (κ2) is 7.38. The Morgan fingerprint density at radius 1 is 0.812 bits per heavy atom. The van der Waals surface area contributed by atoms with Crippen LogP contribution in [0.1, 0.15) is 71.1 Å². The normalized spacial score (nSPS) is 48.2. The van der Waals surface area contributed by atoms with Crippen molar-refractivity contribution in [1.82, 2.24) is 0 Å². The van der Waals surface area contributed by atoms with Crippen molar-refractivity contribution >= 4 is 11.9 Å². The molecule has 5 nitrogen and oxygen atoms in total. The maximum atomic E-state index is 13.4. The average Bonchev–Trinajstić information content (AvgIpc) is 2.70. The molecule has 8 rings (SSSR count). The van der Waals surface area contributed by atoms with E-state index in [2.05, 4.69) is 0 Å². The first-order chi connectivity index (χ1) is 15.2. The Hall–Kier alpha value is -1.24. The van der Waals surface area contributed by atoms with E-state index in [1.54, 1.807) is 0 Å². The topological polar surface area (TPSA) is 61.8 Å². The molecule has 0 N–H and O–H groups in total. The third kappa shape index (κ3) is 3.48. The van der Waals surface area contributed by atoms with Crippen molar-refractivity contribution in [2.24, 2.45) is 46.8 Å². The van der Waals surface area contributed by atoms with Crippen LogP contribution in [0.25, 0.3) is 0 Å². The zero-order chi connectivity index (χ0) is 22.3. The number of ether oxygens (including phenoxy) is 3. The molecule has 2 atom stereocenters. The van der Waals surface area contributed by atoms with E-state index in [1.807, 2.05) is 0 Å². The fraction of sp³-hybridized carbons (Fsp3) is 0.920. The summed E-state index contributed by atoms with van der Waals surface area (Å²) in [5.41, 5.74) is -0.568. The van der Waals surface area contributed by atoms with Crippen molar-refractivity contribution in [1.29, 1.82) is 0 Å². The zero-order valence-corrected chi connectivity index (χ0v) is 18.8. The molecule has 0 aliphatic heterocycles. The molecule has 2 unspecified atom stereocenters. The third-order valence-corrected chi connectivity index (χ3v) is 9.81. The third-order valence-electron chi connectivity index (χ3n) is 9.81. The van der Waals surface area contributed by atoms with Crippen molar-refractivity contribution in [2.75, 3.05) is 6.79 Å². The van der Waals surface area contributed by atoms with Crippen molar-refractivity contribution in [3.05, 3.63) is 0 Å². The molecule has 0 amide bonds. The van der Waals surface area contributed by atoms with E-state index in [9.17, 15) is 18.4 Å². The van der Waals surface area contributed by atoms with Crippen LogP contribution < -0.4 is 0 Å². The zero-order valence-electron chi connectivity index (χ0n) is 18.8. The highest BCUT2D eigenvalue weighted by atomic mass is 19.3. The van der Waals surface area contributed by atoms with Gasteiger partial charge in [-0.3, -0.25) is 4.79 Å². The Kier molecular flexibility index (Phi) is 4.91. The van der Waals surface area contributed by atoms with Gasteiger partial charge in [0.1, 0.15) is 6.10 Å². The summed E-state index contributed by atoms with van der Waals surface area (Å²) in [6.45, 7) is 0.599. The Balaban J connectivity index is 1.06. The smallest absolute Gasteiger partial charge is 0.376 e. The van der Waals surface area contributed by atoms with E-state index >= 15 is 0 Å². The summed E-state index contributed by atoms with van der Waals surface area (Å²) in [6.07, 6.45) is 9.75. The molecule has 0 radical (unpaired) electrons. The Morgan fingerprint density at radius 2 is 1.38 bits per heavy atom. The lowest BCUT2D eigenvalue weighted by atomic mass is 9.48. The van der Waals surface area contributed by atoms with Gasteiger partial charge in [0, 0.05) is 6.92 Å². The lowest BCUT2D eigenvalue weighted by Crippen LogP contribution is -2.58. The SMILES string of the molecule is CC(F)(F)C(=O)OC1C2CC3CC1CC(C(=O)OCOC1C4CC5CC(C4)CC1C5)(C3)C2. The first-order valence-electron chi connectivity index (χ1n) is 12.6. The van der Waals surface area contributed by atoms with Crippen molar-refractivity contribution in [2.45, 2.75) is 89.3 Å². The van der Waals surface area contributed by atoms with Crippen LogP contribution in [0.5, 0.6) is 0 Å². The van der Waals surface area contributed by atoms with Gasteiger partial charge in [-0.15, -0.1) is 0 Å². The van der Waals surface area contributed by atoms with Crippen molar-refractivity contribution in [3.63, 3.8) is 0 Å². The minimum atomic E-state index is -3.49. The highest BCUT2D eigenvalue weighted by Gasteiger charge is 2.61. The Labute approximate surface area is 187 Å². The van der Waals surface area contributed by atoms with Crippen LogP contribution in [0, 0.1) is 46.8 Å². The van der Waals surface area contributed by atoms with E-state index in [4.69, 9.17) is 14.2 Å². The number of carbonyl (C=O) groups excluding carboxylic acids is 2. The van der Waals surface area contributed by atoms with Crippen LogP contribution in [0.4, 0.5) is 8.78 Å². The molecule has 7 heteroatoms. The van der Waals surface area contributed by atoms with Gasteiger partial charge in [0.25, 0.3) is 0 Å². The maximum absolute atomic E-state index is 13.4. The number of carbonyl (C=O) groups is 2. The summed E-state index contributed by atoms with van der Waals surface area (Å²) >= 11 is 0. The number of hydrogen-bond acceptors (Lipinski definition) is 5. The van der Waals surface area contributed by atoms with Crippen LogP contribution in [0.15, 0.2) is 0 Å². The van der Waals surface area contributed by atoms with Crippen molar-refractivity contribution in [3.8, 4) is 0 Å². The average molecular weight is 453 g/mol. The van der Waals surface area contributed by atoms with E-state index in [0.29, 0.717) is 37.5 Å². The molecule has 178 valence electrons. The van der Waals surface area contributed by atoms with E-state index in [0.717, 1.165) is 31.1 Å². The van der Waals surface area contributed by atoms with Gasteiger partial charge in [0.15, 0.2) is 6.79 Å². The second-order valence-electron chi connectivity index (χ2n) is 12.1. The molecule has 8 saturated carbocycles. The van der Waals surface area contributed by atoms with Gasteiger partial charge < -0.3 is 14.2 Å². The lowest BCUT2D eigenvalue weighted by Gasteiger charge is -2.58. The monoisotopic (exact) mass is 452 g/mol. The number of esters is 2. The molecular weight excluding hydrogens is 418 g/mol. The number of rotatable bonds is 6. The van der Waals surface area contributed by atoms with Crippen LogP contribution in [-0.4, -0.2) is 36.9 Å². The molecule has 8 bridgehead atoms. The second-order valence-corrected chi connectivity index (χ2v) is 12.1. The largest absolute Gasteiger partial charge is 0.457 e. The van der Waals surface area contributed by atoms with Crippen LogP contribution in [-0.2, 0) is 23.8 Å². The van der Waals surface area contributed by atoms with Gasteiger partial charge >= 0.3 is 17.9 Å². The van der Waals surface area contributed by atoms with E-state index in [1.165, 1.54) is 32.1 Å². The number of alkyl halides is 2. The summed E-state index contributed by atoms with van der Waals surface area (Å²) in [4.78, 5) is 25.0. The van der Waals surface area contributed by atoms with Crippen LogP contribution in [0.2, 0.25) is 0 Å². The highest BCUT2D eigenvalue weighted by molar-refractivity contribution is 5.78. The molecule has 0 aromatic carbocycles. The Morgan fingerprint density at radius 3 is 1.94 bits per heavy atom. The van der Waals surface area contributed by atoms with E-state index in [-0.39, 0.29) is 30.7 Å². The molecule has 8 aliphatic carbocycles. The van der Waals surface area contributed by atoms with E-state index < -0.39 is 23.4 Å².